The third-order valence-electron chi connectivity index (χ3n) is 2.81. The Balaban J connectivity index is 2.08. The second kappa shape index (κ2) is 6.86. The molecule has 0 unspecified atom stereocenters. The molecule has 2 aromatic rings. The highest BCUT2D eigenvalue weighted by molar-refractivity contribution is 5.89. The van der Waals surface area contributed by atoms with Crippen molar-refractivity contribution in [1.29, 1.82) is 0 Å². The van der Waals surface area contributed by atoms with Crippen molar-refractivity contribution in [3.05, 3.63) is 35.4 Å². The van der Waals surface area contributed by atoms with Crippen LogP contribution < -0.4 is 15.4 Å². The Bertz CT molecular complexity index is 724. The van der Waals surface area contributed by atoms with Crippen LogP contribution in [0, 0.1) is 5.82 Å². The van der Waals surface area contributed by atoms with Crippen molar-refractivity contribution in [1.82, 2.24) is 15.0 Å². The number of aromatic nitrogens is 3. The van der Waals surface area contributed by atoms with E-state index in [1.165, 1.54) is 19.2 Å². The van der Waals surface area contributed by atoms with Crippen molar-refractivity contribution < 1.29 is 18.7 Å². The zero-order valence-electron chi connectivity index (χ0n) is 12.9. The summed E-state index contributed by atoms with van der Waals surface area (Å²) in [4.78, 5) is 25.5. The number of halogens is 1. The highest BCUT2D eigenvalue weighted by Crippen LogP contribution is 2.18. The van der Waals surface area contributed by atoms with Crippen LogP contribution >= 0.6 is 0 Å². The fraction of sp³-hybridized carbons (Fsp3) is 0.286. The van der Waals surface area contributed by atoms with Crippen LogP contribution in [0.25, 0.3) is 0 Å². The Labute approximate surface area is 132 Å². The SMILES string of the molecule is COc1ccc(C(=O)OCc2nc(N)nc(N(C)C)n2)cc1F. The average Bonchev–Trinajstić information content (AvgIpc) is 2.52. The lowest BCUT2D eigenvalue weighted by Crippen LogP contribution is -2.17. The molecule has 1 heterocycles. The van der Waals surface area contributed by atoms with Crippen molar-refractivity contribution in [2.75, 3.05) is 31.8 Å². The number of rotatable bonds is 5. The van der Waals surface area contributed by atoms with Gasteiger partial charge in [-0.25, -0.2) is 9.18 Å². The summed E-state index contributed by atoms with van der Waals surface area (Å²) in [7, 11) is 4.82. The number of esters is 1. The number of anilines is 2. The van der Waals surface area contributed by atoms with E-state index in [1.807, 2.05) is 0 Å². The molecule has 1 aromatic carbocycles. The molecular weight excluding hydrogens is 305 g/mol. The number of ether oxygens (including phenoxy) is 2. The second-order valence-corrected chi connectivity index (χ2v) is 4.73. The van der Waals surface area contributed by atoms with Gasteiger partial charge in [-0.2, -0.15) is 15.0 Å². The third-order valence-corrected chi connectivity index (χ3v) is 2.81. The summed E-state index contributed by atoms with van der Waals surface area (Å²) in [5, 5.41) is 0. The zero-order chi connectivity index (χ0) is 17.0. The molecule has 0 amide bonds. The fourth-order valence-corrected chi connectivity index (χ4v) is 1.70. The number of nitrogen functional groups attached to an aromatic ring is 1. The largest absolute Gasteiger partial charge is 0.494 e. The van der Waals surface area contributed by atoms with Crippen LogP contribution in [0.4, 0.5) is 16.3 Å². The van der Waals surface area contributed by atoms with Crippen LogP contribution in [0.1, 0.15) is 16.2 Å². The van der Waals surface area contributed by atoms with E-state index in [0.29, 0.717) is 5.95 Å². The van der Waals surface area contributed by atoms with Gasteiger partial charge < -0.3 is 20.1 Å². The van der Waals surface area contributed by atoms with E-state index >= 15 is 0 Å². The van der Waals surface area contributed by atoms with Crippen LogP contribution in [0.15, 0.2) is 18.2 Å². The first-order valence-electron chi connectivity index (χ1n) is 6.59. The molecule has 9 heteroatoms. The first kappa shape index (κ1) is 16.4. The number of methoxy groups -OCH3 is 1. The first-order valence-corrected chi connectivity index (χ1v) is 6.59. The quantitative estimate of drug-likeness (QED) is 0.814. The average molecular weight is 321 g/mol. The van der Waals surface area contributed by atoms with Crippen molar-refractivity contribution in [3.63, 3.8) is 0 Å². The summed E-state index contributed by atoms with van der Waals surface area (Å²) in [6.07, 6.45) is 0. The standard InChI is InChI=1S/C14H16FN5O3/c1-20(2)14-18-11(17-13(16)19-14)7-23-12(21)8-4-5-10(22-3)9(15)6-8/h4-6H,7H2,1-3H3,(H2,16,17,18,19). The Hall–Kier alpha value is -2.97. The van der Waals surface area contributed by atoms with Gasteiger partial charge in [-0.3, -0.25) is 0 Å². The predicted molar refractivity (Wildman–Crippen MR) is 80.6 cm³/mol. The Kier molecular flexibility index (Phi) is 4.89. The summed E-state index contributed by atoms with van der Waals surface area (Å²) in [5.74, 6) is -0.756. The van der Waals surface area contributed by atoms with E-state index in [-0.39, 0.29) is 29.7 Å². The summed E-state index contributed by atoms with van der Waals surface area (Å²) in [6.45, 7) is -0.208. The van der Waals surface area contributed by atoms with Gasteiger partial charge in [0.25, 0.3) is 0 Å². The van der Waals surface area contributed by atoms with E-state index in [4.69, 9.17) is 15.2 Å². The number of benzene rings is 1. The Morgan fingerprint density at radius 2 is 2.04 bits per heavy atom. The third kappa shape index (κ3) is 4.02. The van der Waals surface area contributed by atoms with Crippen molar-refractivity contribution in [2.45, 2.75) is 6.61 Å². The normalized spacial score (nSPS) is 10.3. The highest BCUT2D eigenvalue weighted by atomic mass is 19.1. The molecule has 122 valence electrons. The smallest absolute Gasteiger partial charge is 0.338 e. The summed E-state index contributed by atoms with van der Waals surface area (Å²) < 4.78 is 23.4. The van der Waals surface area contributed by atoms with Crippen LogP contribution in [0.2, 0.25) is 0 Å². The monoisotopic (exact) mass is 321 g/mol. The van der Waals surface area contributed by atoms with Gasteiger partial charge in [-0.1, -0.05) is 0 Å². The number of carbonyl (C=O) groups is 1. The number of nitrogens with two attached hydrogens (primary N) is 1. The summed E-state index contributed by atoms with van der Waals surface area (Å²) in [6, 6.07) is 3.78. The van der Waals surface area contributed by atoms with Crippen molar-refractivity contribution in [3.8, 4) is 5.75 Å². The molecule has 0 saturated heterocycles. The van der Waals surface area contributed by atoms with Crippen molar-refractivity contribution in [2.24, 2.45) is 0 Å². The maximum Gasteiger partial charge on any atom is 0.338 e. The van der Waals surface area contributed by atoms with E-state index in [1.54, 1.807) is 19.0 Å². The molecule has 0 atom stereocenters. The van der Waals surface area contributed by atoms with Crippen LogP contribution in [0.3, 0.4) is 0 Å². The zero-order valence-corrected chi connectivity index (χ0v) is 12.9. The van der Waals surface area contributed by atoms with Gasteiger partial charge in [0.1, 0.15) is 0 Å². The van der Waals surface area contributed by atoms with E-state index in [2.05, 4.69) is 15.0 Å². The van der Waals surface area contributed by atoms with Crippen LogP contribution in [-0.4, -0.2) is 42.1 Å². The van der Waals surface area contributed by atoms with Crippen LogP contribution in [-0.2, 0) is 11.3 Å². The molecule has 0 radical (unpaired) electrons. The van der Waals surface area contributed by atoms with Gasteiger partial charge in [-0.05, 0) is 18.2 Å². The minimum Gasteiger partial charge on any atom is -0.494 e. The van der Waals surface area contributed by atoms with Gasteiger partial charge in [-0.15, -0.1) is 0 Å². The van der Waals surface area contributed by atoms with Gasteiger partial charge in [0.05, 0.1) is 12.7 Å². The lowest BCUT2D eigenvalue weighted by Gasteiger charge is -2.11. The molecule has 0 saturated carbocycles. The number of hydrogen-bond donors (Lipinski definition) is 1. The maximum atomic E-state index is 13.6. The summed E-state index contributed by atoms with van der Waals surface area (Å²) in [5.41, 5.74) is 5.63. The van der Waals surface area contributed by atoms with Gasteiger partial charge >= 0.3 is 5.97 Å². The minimum absolute atomic E-state index is 0.0187. The van der Waals surface area contributed by atoms with E-state index in [0.717, 1.165) is 6.07 Å². The molecule has 0 aliphatic heterocycles. The number of hydrogen-bond acceptors (Lipinski definition) is 8. The lowest BCUT2D eigenvalue weighted by molar-refractivity contribution is 0.0461. The molecule has 2 N–H and O–H groups in total. The molecule has 0 bridgehead atoms. The first-order chi connectivity index (χ1) is 10.9. The molecule has 0 spiro atoms. The number of nitrogens with zero attached hydrogens (tertiary/aromatic N) is 4. The summed E-state index contributed by atoms with van der Waals surface area (Å²) >= 11 is 0. The van der Waals surface area contributed by atoms with Gasteiger partial charge in [0.2, 0.25) is 11.9 Å². The van der Waals surface area contributed by atoms with Crippen molar-refractivity contribution >= 4 is 17.9 Å². The topological polar surface area (TPSA) is 103 Å². The maximum absolute atomic E-state index is 13.6. The predicted octanol–water partition coefficient (Wildman–Crippen LogP) is 1.02. The Morgan fingerprint density at radius 3 is 2.65 bits per heavy atom. The lowest BCUT2D eigenvalue weighted by atomic mass is 10.2. The van der Waals surface area contributed by atoms with Gasteiger partial charge in [0, 0.05) is 14.1 Å². The highest BCUT2D eigenvalue weighted by Gasteiger charge is 2.13. The molecule has 23 heavy (non-hydrogen) atoms. The minimum atomic E-state index is -0.711. The molecule has 0 aliphatic rings. The van der Waals surface area contributed by atoms with Gasteiger partial charge in [0.15, 0.2) is 24.0 Å². The molecule has 1 aromatic heterocycles. The Morgan fingerprint density at radius 1 is 1.30 bits per heavy atom. The fourth-order valence-electron chi connectivity index (χ4n) is 1.70. The van der Waals surface area contributed by atoms with E-state index in [9.17, 15) is 9.18 Å². The second-order valence-electron chi connectivity index (χ2n) is 4.73. The van der Waals surface area contributed by atoms with E-state index < -0.39 is 11.8 Å². The molecule has 2 rings (SSSR count). The molecule has 0 aliphatic carbocycles. The van der Waals surface area contributed by atoms with Crippen LogP contribution in [0.5, 0.6) is 5.75 Å². The molecule has 0 fully saturated rings. The molecule has 8 nitrogen and oxygen atoms in total. The molecular formula is C14H16FN5O3. The number of carbonyl (C=O) groups excluding carboxylic acids is 1.